The minimum atomic E-state index is -0.567. The molecule has 0 heterocycles. The third-order valence-electron chi connectivity index (χ3n) is 3.25. The van der Waals surface area contributed by atoms with E-state index in [0.29, 0.717) is 11.3 Å². The van der Waals surface area contributed by atoms with Gasteiger partial charge in [0.2, 0.25) is 0 Å². The predicted molar refractivity (Wildman–Crippen MR) is 75.0 cm³/mol. The van der Waals surface area contributed by atoms with Crippen molar-refractivity contribution in [1.29, 1.82) is 0 Å². The fourth-order valence-corrected chi connectivity index (χ4v) is 2.46. The van der Waals surface area contributed by atoms with E-state index in [1.807, 2.05) is 6.07 Å². The van der Waals surface area contributed by atoms with Crippen LogP contribution in [0.4, 0.5) is 10.5 Å². The van der Waals surface area contributed by atoms with Crippen molar-refractivity contribution in [3.05, 3.63) is 28.8 Å². The van der Waals surface area contributed by atoms with Crippen LogP contribution in [0.25, 0.3) is 0 Å². The first-order valence-corrected chi connectivity index (χ1v) is 6.73. The van der Waals surface area contributed by atoms with Gasteiger partial charge in [0.1, 0.15) is 0 Å². The zero-order chi connectivity index (χ0) is 14.7. The van der Waals surface area contributed by atoms with E-state index in [-0.39, 0.29) is 6.10 Å². The summed E-state index contributed by atoms with van der Waals surface area (Å²) in [5.74, 6) is -0.427. The van der Waals surface area contributed by atoms with Gasteiger partial charge >= 0.3 is 12.1 Å². The van der Waals surface area contributed by atoms with Crippen LogP contribution in [0.1, 0.15) is 41.8 Å². The summed E-state index contributed by atoms with van der Waals surface area (Å²) < 4.78 is 9.87. The summed E-state index contributed by atoms with van der Waals surface area (Å²) in [6.45, 7) is 3.53. The molecule has 0 aromatic heterocycles. The summed E-state index contributed by atoms with van der Waals surface area (Å²) in [6, 6.07) is 3.68. The molecule has 1 aromatic carbocycles. The van der Waals surface area contributed by atoms with Crippen molar-refractivity contribution < 1.29 is 19.1 Å². The van der Waals surface area contributed by atoms with Crippen LogP contribution in [-0.2, 0) is 22.3 Å². The van der Waals surface area contributed by atoms with Gasteiger partial charge in [-0.1, -0.05) is 6.07 Å². The number of ether oxygens (including phenoxy) is 2. The molecule has 1 amide bonds. The lowest BCUT2D eigenvalue weighted by Crippen LogP contribution is -2.20. The summed E-state index contributed by atoms with van der Waals surface area (Å²) in [5, 5.41) is 2.62. The molecule has 0 bridgehead atoms. The number of amides is 1. The molecule has 0 atom stereocenters. The molecule has 0 unspecified atom stereocenters. The van der Waals surface area contributed by atoms with Gasteiger partial charge in [-0.25, -0.2) is 9.59 Å². The van der Waals surface area contributed by atoms with E-state index >= 15 is 0 Å². The smallest absolute Gasteiger partial charge is 0.411 e. The van der Waals surface area contributed by atoms with Crippen LogP contribution in [0.2, 0.25) is 0 Å². The quantitative estimate of drug-likeness (QED) is 0.863. The Morgan fingerprint density at radius 1 is 1.25 bits per heavy atom. The lowest BCUT2D eigenvalue weighted by atomic mass is 10.0. The van der Waals surface area contributed by atoms with Crippen LogP contribution < -0.4 is 5.32 Å². The lowest BCUT2D eigenvalue weighted by molar-refractivity contribution is 0.0601. The number of methoxy groups -OCH3 is 1. The Hall–Kier alpha value is -2.04. The van der Waals surface area contributed by atoms with Crippen LogP contribution in [-0.4, -0.2) is 25.3 Å². The van der Waals surface area contributed by atoms with Gasteiger partial charge in [0, 0.05) is 0 Å². The highest BCUT2D eigenvalue weighted by molar-refractivity contribution is 6.01. The number of benzene rings is 1. The maximum absolute atomic E-state index is 12.0. The zero-order valence-corrected chi connectivity index (χ0v) is 12.0. The highest BCUT2D eigenvalue weighted by Crippen LogP contribution is 2.31. The average molecular weight is 277 g/mol. The Labute approximate surface area is 118 Å². The molecular weight excluding hydrogens is 258 g/mol. The molecule has 0 radical (unpaired) electrons. The first-order valence-electron chi connectivity index (χ1n) is 6.73. The van der Waals surface area contributed by atoms with Crippen molar-refractivity contribution >= 4 is 17.7 Å². The second kappa shape index (κ2) is 5.94. The molecule has 0 saturated heterocycles. The largest absolute Gasteiger partial charge is 0.465 e. The third kappa shape index (κ3) is 2.92. The Bertz CT molecular complexity index is 537. The number of fused-ring (bicyclic) bond motifs is 1. The van der Waals surface area contributed by atoms with Crippen LogP contribution in [0.5, 0.6) is 0 Å². The molecule has 0 saturated carbocycles. The normalized spacial score (nSPS) is 13.0. The maximum atomic E-state index is 12.0. The molecule has 1 N–H and O–H groups in total. The van der Waals surface area contributed by atoms with E-state index in [4.69, 9.17) is 9.47 Å². The second-order valence-electron chi connectivity index (χ2n) is 5.05. The van der Waals surface area contributed by atoms with Crippen molar-refractivity contribution in [3.8, 4) is 0 Å². The van der Waals surface area contributed by atoms with Crippen molar-refractivity contribution in [2.24, 2.45) is 0 Å². The summed E-state index contributed by atoms with van der Waals surface area (Å²) in [4.78, 5) is 23.7. The van der Waals surface area contributed by atoms with E-state index in [1.165, 1.54) is 7.11 Å². The van der Waals surface area contributed by atoms with Gasteiger partial charge in [0.15, 0.2) is 0 Å². The number of carbonyl (C=O) groups is 2. The number of aryl methyl sites for hydroxylation is 1. The Kier molecular flexibility index (Phi) is 4.27. The number of hydrogen-bond acceptors (Lipinski definition) is 4. The summed E-state index contributed by atoms with van der Waals surface area (Å²) >= 11 is 0. The molecule has 2 rings (SSSR count). The Morgan fingerprint density at radius 3 is 2.65 bits per heavy atom. The molecule has 0 aliphatic heterocycles. The molecule has 1 aliphatic carbocycles. The van der Waals surface area contributed by atoms with E-state index in [0.717, 1.165) is 30.4 Å². The molecule has 5 nitrogen and oxygen atoms in total. The van der Waals surface area contributed by atoms with Crippen molar-refractivity contribution in [1.82, 2.24) is 0 Å². The topological polar surface area (TPSA) is 64.6 Å². The summed E-state index contributed by atoms with van der Waals surface area (Å²) in [6.07, 6.45) is 2.01. The molecule has 0 spiro atoms. The van der Waals surface area contributed by atoms with Crippen LogP contribution in [0.3, 0.4) is 0 Å². The SMILES string of the molecule is COC(=O)c1c(NC(=O)OC(C)C)ccc2c1CCC2. The number of esters is 1. The van der Waals surface area contributed by atoms with Gasteiger partial charge in [-0.15, -0.1) is 0 Å². The lowest BCUT2D eigenvalue weighted by Gasteiger charge is -2.15. The van der Waals surface area contributed by atoms with Crippen LogP contribution in [0.15, 0.2) is 12.1 Å². The fourth-order valence-electron chi connectivity index (χ4n) is 2.46. The van der Waals surface area contributed by atoms with Crippen LogP contribution in [0, 0.1) is 0 Å². The fraction of sp³-hybridized carbons (Fsp3) is 0.467. The highest BCUT2D eigenvalue weighted by atomic mass is 16.6. The summed E-state index contributed by atoms with van der Waals surface area (Å²) in [5.41, 5.74) is 3.01. The van der Waals surface area contributed by atoms with Crippen molar-refractivity contribution in [2.75, 3.05) is 12.4 Å². The molecule has 1 aliphatic rings. The van der Waals surface area contributed by atoms with Gasteiger partial charge in [0.05, 0.1) is 24.5 Å². The minimum Gasteiger partial charge on any atom is -0.465 e. The van der Waals surface area contributed by atoms with E-state index < -0.39 is 12.1 Å². The van der Waals surface area contributed by atoms with Gasteiger partial charge in [-0.05, 0) is 50.3 Å². The van der Waals surface area contributed by atoms with Gasteiger partial charge < -0.3 is 9.47 Å². The molecule has 20 heavy (non-hydrogen) atoms. The molecule has 108 valence electrons. The molecular formula is C15H19NO4. The van der Waals surface area contributed by atoms with Gasteiger partial charge in [-0.2, -0.15) is 0 Å². The third-order valence-corrected chi connectivity index (χ3v) is 3.25. The highest BCUT2D eigenvalue weighted by Gasteiger charge is 2.24. The first-order chi connectivity index (χ1) is 9.52. The zero-order valence-electron chi connectivity index (χ0n) is 12.0. The summed E-state index contributed by atoms with van der Waals surface area (Å²) in [7, 11) is 1.34. The van der Waals surface area contributed by atoms with Crippen molar-refractivity contribution in [3.63, 3.8) is 0 Å². The second-order valence-corrected chi connectivity index (χ2v) is 5.05. The number of rotatable bonds is 3. The Balaban J connectivity index is 2.33. The average Bonchev–Trinajstić information content (AvgIpc) is 2.84. The monoisotopic (exact) mass is 277 g/mol. The maximum Gasteiger partial charge on any atom is 0.411 e. The molecule has 1 aromatic rings. The molecule has 5 heteroatoms. The molecule has 0 fully saturated rings. The number of anilines is 1. The minimum absolute atomic E-state index is 0.217. The van der Waals surface area contributed by atoms with Crippen LogP contribution >= 0.6 is 0 Å². The predicted octanol–water partition coefficient (Wildman–Crippen LogP) is 2.92. The van der Waals surface area contributed by atoms with Gasteiger partial charge in [-0.3, -0.25) is 5.32 Å². The number of carbonyl (C=O) groups excluding carboxylic acids is 2. The van der Waals surface area contributed by atoms with E-state index in [1.54, 1.807) is 19.9 Å². The standard InChI is InChI=1S/C15H19NO4/c1-9(2)20-15(18)16-12-8-7-10-5-4-6-11(10)13(12)14(17)19-3/h7-9H,4-6H2,1-3H3,(H,16,18). The number of nitrogens with one attached hydrogen (secondary N) is 1. The van der Waals surface area contributed by atoms with E-state index in [2.05, 4.69) is 5.32 Å². The van der Waals surface area contributed by atoms with E-state index in [9.17, 15) is 9.59 Å². The Morgan fingerprint density at radius 2 is 2.00 bits per heavy atom. The first kappa shape index (κ1) is 14.4. The number of hydrogen-bond donors (Lipinski definition) is 1. The van der Waals surface area contributed by atoms with Gasteiger partial charge in [0.25, 0.3) is 0 Å². The van der Waals surface area contributed by atoms with Crippen molar-refractivity contribution in [2.45, 2.75) is 39.2 Å².